The van der Waals surface area contributed by atoms with Crippen molar-refractivity contribution in [2.75, 3.05) is 17.7 Å². The number of carbonyl (C=O) groups is 4. The number of hydroxylamine groups is 1. The molecule has 2 atom stereocenters. The SMILES string of the molecule is COC(=O)CCCCCC(O)C(=O)Nc1ccccc1.O=C(CCCCCC(O)C(=O)Nc1ccccc1)NO. The van der Waals surface area contributed by atoms with Gasteiger partial charge in [-0.1, -0.05) is 62.1 Å². The molecule has 0 heterocycles. The largest absolute Gasteiger partial charge is 0.469 e. The van der Waals surface area contributed by atoms with Crippen LogP contribution in [0.2, 0.25) is 0 Å². The molecule has 0 bridgehead atoms. The third-order valence-electron chi connectivity index (χ3n) is 5.78. The molecule has 11 nitrogen and oxygen atoms in total. The highest BCUT2D eigenvalue weighted by Crippen LogP contribution is 2.11. The maximum atomic E-state index is 11.7. The van der Waals surface area contributed by atoms with Gasteiger partial charge in [0.25, 0.3) is 11.8 Å². The van der Waals surface area contributed by atoms with E-state index in [9.17, 15) is 29.4 Å². The first-order chi connectivity index (χ1) is 19.3. The number of aliphatic hydroxyl groups is 2. The van der Waals surface area contributed by atoms with Crippen LogP contribution in [0, 0.1) is 0 Å². The summed E-state index contributed by atoms with van der Waals surface area (Å²) in [5.41, 5.74) is 2.88. The molecule has 6 N–H and O–H groups in total. The number of benzene rings is 2. The number of hydrogen-bond acceptors (Lipinski definition) is 8. The predicted octanol–water partition coefficient (Wildman–Crippen LogP) is 3.55. The first-order valence-electron chi connectivity index (χ1n) is 13.3. The van der Waals surface area contributed by atoms with Crippen molar-refractivity contribution in [3.63, 3.8) is 0 Å². The summed E-state index contributed by atoms with van der Waals surface area (Å²) in [6.07, 6.45) is 3.43. The van der Waals surface area contributed by atoms with E-state index in [-0.39, 0.29) is 12.4 Å². The maximum Gasteiger partial charge on any atom is 0.305 e. The Morgan fingerprint density at radius 3 is 1.50 bits per heavy atom. The molecule has 2 unspecified atom stereocenters. The molecular weight excluding hydrogens is 518 g/mol. The number of amides is 3. The van der Waals surface area contributed by atoms with E-state index in [4.69, 9.17) is 5.21 Å². The number of unbranched alkanes of at least 4 members (excludes halogenated alkanes) is 4. The zero-order chi connectivity index (χ0) is 29.6. The van der Waals surface area contributed by atoms with Gasteiger partial charge in [0.2, 0.25) is 5.91 Å². The Labute approximate surface area is 234 Å². The lowest BCUT2D eigenvalue weighted by Crippen LogP contribution is -2.27. The van der Waals surface area contributed by atoms with E-state index in [2.05, 4.69) is 15.4 Å². The Kier molecular flexibility index (Phi) is 18.0. The monoisotopic (exact) mass is 559 g/mol. The summed E-state index contributed by atoms with van der Waals surface area (Å²) in [5.74, 6) is -1.48. The van der Waals surface area contributed by atoms with E-state index < -0.39 is 29.9 Å². The van der Waals surface area contributed by atoms with Gasteiger partial charge in [-0.3, -0.25) is 24.4 Å². The Morgan fingerprint density at radius 1 is 0.675 bits per heavy atom. The van der Waals surface area contributed by atoms with Crippen LogP contribution in [0.1, 0.15) is 64.2 Å². The fourth-order valence-electron chi connectivity index (χ4n) is 3.50. The lowest BCUT2D eigenvalue weighted by Gasteiger charge is -2.11. The third kappa shape index (κ3) is 16.2. The number of esters is 1. The molecule has 11 heteroatoms. The fraction of sp³-hybridized carbons (Fsp3) is 0.448. The Balaban J connectivity index is 0.000000400. The van der Waals surface area contributed by atoms with E-state index in [0.29, 0.717) is 62.7 Å². The Bertz CT molecular complexity index is 923. The molecule has 0 aliphatic rings. The van der Waals surface area contributed by atoms with E-state index in [0.717, 1.165) is 6.42 Å². The van der Waals surface area contributed by atoms with E-state index in [1.807, 2.05) is 24.3 Å². The topological polar surface area (TPSA) is 174 Å². The smallest absolute Gasteiger partial charge is 0.305 e. The highest BCUT2D eigenvalue weighted by molar-refractivity contribution is 5.94. The van der Waals surface area contributed by atoms with Gasteiger partial charge in [-0.05, 0) is 49.9 Å². The lowest BCUT2D eigenvalue weighted by atomic mass is 10.1. The fourth-order valence-corrected chi connectivity index (χ4v) is 3.50. The molecule has 0 aromatic heterocycles. The number of nitrogens with one attached hydrogen (secondary N) is 3. The van der Waals surface area contributed by atoms with Gasteiger partial charge >= 0.3 is 5.97 Å². The highest BCUT2D eigenvalue weighted by Gasteiger charge is 2.15. The van der Waals surface area contributed by atoms with Crippen molar-refractivity contribution in [3.8, 4) is 0 Å². The number of rotatable bonds is 16. The Hall–Kier alpha value is -3.80. The molecule has 3 amide bonds. The van der Waals surface area contributed by atoms with Gasteiger partial charge in [0, 0.05) is 24.2 Å². The molecule has 2 aromatic carbocycles. The van der Waals surface area contributed by atoms with Crippen molar-refractivity contribution in [2.24, 2.45) is 0 Å². The maximum absolute atomic E-state index is 11.7. The molecule has 220 valence electrons. The van der Waals surface area contributed by atoms with Crippen molar-refractivity contribution < 1.29 is 39.3 Å². The molecule has 40 heavy (non-hydrogen) atoms. The van der Waals surface area contributed by atoms with Gasteiger partial charge < -0.3 is 25.6 Å². The van der Waals surface area contributed by atoms with Crippen LogP contribution in [0.5, 0.6) is 0 Å². The number of carbonyl (C=O) groups excluding carboxylic acids is 4. The average Bonchev–Trinajstić information content (AvgIpc) is 2.97. The van der Waals surface area contributed by atoms with Crippen LogP contribution in [0.15, 0.2) is 60.7 Å². The zero-order valence-corrected chi connectivity index (χ0v) is 22.9. The first-order valence-corrected chi connectivity index (χ1v) is 13.3. The number of anilines is 2. The van der Waals surface area contributed by atoms with E-state index in [1.54, 1.807) is 41.9 Å². The summed E-state index contributed by atoms with van der Waals surface area (Å²) < 4.78 is 4.53. The number of para-hydroxylation sites is 2. The molecule has 2 rings (SSSR count). The van der Waals surface area contributed by atoms with Crippen LogP contribution in [-0.2, 0) is 23.9 Å². The van der Waals surface area contributed by atoms with Gasteiger partial charge in [0.15, 0.2) is 0 Å². The van der Waals surface area contributed by atoms with Crippen molar-refractivity contribution in [1.29, 1.82) is 0 Å². The van der Waals surface area contributed by atoms with Gasteiger partial charge in [-0.25, -0.2) is 5.48 Å². The summed E-state index contributed by atoms with van der Waals surface area (Å²) in [5, 5.41) is 33.0. The van der Waals surface area contributed by atoms with Crippen LogP contribution in [0.4, 0.5) is 11.4 Å². The second-order valence-electron chi connectivity index (χ2n) is 9.05. The molecule has 0 aliphatic heterocycles. The summed E-state index contributed by atoms with van der Waals surface area (Å²) in [6.45, 7) is 0. The number of hydrogen-bond donors (Lipinski definition) is 6. The van der Waals surface area contributed by atoms with Crippen LogP contribution in [0.25, 0.3) is 0 Å². The van der Waals surface area contributed by atoms with Crippen molar-refractivity contribution in [2.45, 2.75) is 76.4 Å². The standard InChI is InChI=1S/C15H21NO4.C14H20N2O4/c1-20-14(18)11-7-3-6-10-13(17)15(19)16-12-8-4-2-5-9-12;17-12(9-5-2-6-10-13(18)16-20)14(19)15-11-7-3-1-4-8-11/h2,4-5,8-9,13,17H,3,6-7,10-11H2,1H3,(H,16,19);1,3-4,7-8,12,17,20H,2,5-6,9-10H2,(H,15,19)(H,16,18). The normalized spacial score (nSPS) is 11.7. The number of methoxy groups -OCH3 is 1. The van der Waals surface area contributed by atoms with Crippen LogP contribution < -0.4 is 16.1 Å². The summed E-state index contributed by atoms with van der Waals surface area (Å²) in [6, 6.07) is 18.0. The third-order valence-corrected chi connectivity index (χ3v) is 5.78. The van der Waals surface area contributed by atoms with Gasteiger partial charge in [-0.2, -0.15) is 0 Å². The van der Waals surface area contributed by atoms with Crippen molar-refractivity contribution >= 4 is 35.1 Å². The van der Waals surface area contributed by atoms with Crippen molar-refractivity contribution in [1.82, 2.24) is 5.48 Å². The highest BCUT2D eigenvalue weighted by atomic mass is 16.5. The predicted molar refractivity (Wildman–Crippen MR) is 150 cm³/mol. The van der Waals surface area contributed by atoms with Crippen LogP contribution >= 0.6 is 0 Å². The molecule has 0 saturated heterocycles. The van der Waals surface area contributed by atoms with Gasteiger partial charge in [-0.15, -0.1) is 0 Å². The number of ether oxygens (including phenoxy) is 1. The van der Waals surface area contributed by atoms with E-state index in [1.165, 1.54) is 7.11 Å². The molecule has 0 fully saturated rings. The first kappa shape index (κ1) is 34.2. The molecule has 0 aliphatic carbocycles. The molecule has 0 radical (unpaired) electrons. The average molecular weight is 560 g/mol. The van der Waals surface area contributed by atoms with Crippen LogP contribution in [-0.4, -0.2) is 58.4 Å². The molecular formula is C29H41N3O8. The summed E-state index contributed by atoms with van der Waals surface area (Å²) in [7, 11) is 1.36. The lowest BCUT2D eigenvalue weighted by molar-refractivity contribution is -0.140. The quantitative estimate of drug-likeness (QED) is 0.0783. The minimum absolute atomic E-state index is 0.229. The molecule has 0 spiro atoms. The second-order valence-corrected chi connectivity index (χ2v) is 9.05. The minimum atomic E-state index is -1.05. The van der Waals surface area contributed by atoms with Crippen LogP contribution in [0.3, 0.4) is 0 Å². The second kappa shape index (κ2) is 21.1. The van der Waals surface area contributed by atoms with Crippen molar-refractivity contribution in [3.05, 3.63) is 60.7 Å². The van der Waals surface area contributed by atoms with Gasteiger partial charge in [0.1, 0.15) is 12.2 Å². The summed E-state index contributed by atoms with van der Waals surface area (Å²) >= 11 is 0. The zero-order valence-electron chi connectivity index (χ0n) is 22.9. The van der Waals surface area contributed by atoms with E-state index >= 15 is 0 Å². The minimum Gasteiger partial charge on any atom is -0.469 e. The summed E-state index contributed by atoms with van der Waals surface area (Å²) in [4.78, 5) is 45.0. The van der Waals surface area contributed by atoms with Gasteiger partial charge in [0.05, 0.1) is 7.11 Å². The number of aliphatic hydroxyl groups excluding tert-OH is 2. The molecule has 2 aromatic rings. The molecule has 0 saturated carbocycles. The Morgan fingerprint density at radius 2 is 1.10 bits per heavy atom.